The van der Waals surface area contributed by atoms with Crippen LogP contribution in [-0.4, -0.2) is 43.2 Å². The van der Waals surface area contributed by atoms with Gasteiger partial charge in [0.15, 0.2) is 0 Å². The molecule has 0 radical (unpaired) electrons. The van der Waals surface area contributed by atoms with Gasteiger partial charge in [-0.05, 0) is 90.8 Å². The third-order valence-electron chi connectivity index (χ3n) is 8.20. The number of ether oxygens (including phenoxy) is 1. The average molecular weight is 672 g/mol. The van der Waals surface area contributed by atoms with Gasteiger partial charge in [-0.1, -0.05) is 24.3 Å². The normalized spacial score (nSPS) is 19.5. The quantitative estimate of drug-likeness (QED) is 0.190. The smallest absolute Gasteiger partial charge is 0.407 e. The van der Waals surface area contributed by atoms with Crippen molar-refractivity contribution >= 4 is 39.2 Å². The van der Waals surface area contributed by atoms with E-state index in [1.807, 2.05) is 0 Å². The van der Waals surface area contributed by atoms with Gasteiger partial charge in [0, 0.05) is 40.5 Å². The van der Waals surface area contributed by atoms with Crippen molar-refractivity contribution in [3.05, 3.63) is 65.0 Å². The number of alkyl carbamates (subject to hydrolysis) is 1. The van der Waals surface area contributed by atoms with Gasteiger partial charge in [0.05, 0.1) is 20.8 Å². The maximum absolute atomic E-state index is 14.2. The molecular weight excluding hydrogens is 630 g/mol. The van der Waals surface area contributed by atoms with Gasteiger partial charge in [-0.15, -0.1) is 11.3 Å². The monoisotopic (exact) mass is 671 g/mol. The van der Waals surface area contributed by atoms with E-state index in [-0.39, 0.29) is 34.7 Å². The number of carbonyl (C=O) groups is 2. The molecule has 10 nitrogen and oxygen atoms in total. The lowest BCUT2D eigenvalue weighted by molar-refractivity contribution is 0.0492. The number of rotatable bonds is 9. The summed E-state index contributed by atoms with van der Waals surface area (Å²) in [5.41, 5.74) is 0.327. The van der Waals surface area contributed by atoms with Crippen molar-refractivity contribution in [3.63, 3.8) is 0 Å². The number of amides is 3. The zero-order valence-electron chi connectivity index (χ0n) is 26.6. The lowest BCUT2D eigenvalue weighted by Crippen LogP contribution is -2.40. The summed E-state index contributed by atoms with van der Waals surface area (Å²) in [4.78, 5) is 30.4. The molecule has 3 amide bonds. The molecule has 1 heterocycles. The molecule has 1 atom stereocenters. The Bertz CT molecular complexity index is 1660. The zero-order valence-corrected chi connectivity index (χ0v) is 28.2. The van der Waals surface area contributed by atoms with Crippen LogP contribution in [0, 0.1) is 5.82 Å². The minimum absolute atomic E-state index is 0.00969. The molecule has 0 unspecified atom stereocenters. The second-order valence-corrected chi connectivity index (χ2v) is 15.8. The number of nitrogens with one attached hydrogen (secondary N) is 4. The van der Waals surface area contributed by atoms with Gasteiger partial charge in [0.1, 0.15) is 11.9 Å². The molecular formula is C33H42FN5O5S2. The molecule has 13 heteroatoms. The highest BCUT2D eigenvalue weighted by atomic mass is 32.2. The summed E-state index contributed by atoms with van der Waals surface area (Å²) in [5.74, 6) is -0.230. The number of aromatic nitrogens is 1. The Labute approximate surface area is 274 Å². The molecule has 0 bridgehead atoms. The van der Waals surface area contributed by atoms with Crippen molar-refractivity contribution < 1.29 is 27.1 Å². The van der Waals surface area contributed by atoms with Gasteiger partial charge in [0.25, 0.3) is 0 Å². The van der Waals surface area contributed by atoms with Crippen LogP contribution < -0.4 is 20.7 Å². The Morgan fingerprint density at radius 2 is 1.76 bits per heavy atom. The highest BCUT2D eigenvalue weighted by molar-refractivity contribution is 7.89. The summed E-state index contributed by atoms with van der Waals surface area (Å²) in [6.07, 6.45) is 7.71. The minimum Gasteiger partial charge on any atom is -0.446 e. The van der Waals surface area contributed by atoms with Crippen LogP contribution >= 0.6 is 11.3 Å². The van der Waals surface area contributed by atoms with Crippen molar-refractivity contribution in [2.45, 2.75) is 107 Å². The SMILES string of the molecule is C[C@H](NC(=O)Nc1ccc(-c2cnc(C3CCC(NC(=O)OC4CCC4)CC3)s2)c(S(=O)(=O)NC(C)(C)C)c1)c1ccccc1F. The highest BCUT2D eigenvalue weighted by Gasteiger charge is 2.30. The molecule has 0 spiro atoms. The maximum atomic E-state index is 14.2. The summed E-state index contributed by atoms with van der Waals surface area (Å²) < 4.78 is 49.7. The van der Waals surface area contributed by atoms with E-state index in [4.69, 9.17) is 4.74 Å². The predicted octanol–water partition coefficient (Wildman–Crippen LogP) is 7.21. The third-order valence-corrected chi connectivity index (χ3v) is 11.2. The third kappa shape index (κ3) is 8.62. The Balaban J connectivity index is 1.30. The van der Waals surface area contributed by atoms with Crippen LogP contribution in [0.2, 0.25) is 0 Å². The molecule has 0 aliphatic heterocycles. The van der Waals surface area contributed by atoms with Gasteiger partial charge < -0.3 is 20.7 Å². The lowest BCUT2D eigenvalue weighted by Gasteiger charge is -2.30. The Morgan fingerprint density at radius 3 is 2.41 bits per heavy atom. The van der Waals surface area contributed by atoms with E-state index in [2.05, 4.69) is 25.7 Å². The molecule has 2 saturated carbocycles. The minimum atomic E-state index is -4.01. The number of urea groups is 1. The van der Waals surface area contributed by atoms with Gasteiger partial charge in [-0.2, -0.15) is 0 Å². The molecule has 1 aromatic heterocycles. The topological polar surface area (TPSA) is 139 Å². The first-order valence-corrected chi connectivity index (χ1v) is 18.0. The second kappa shape index (κ2) is 14.1. The fraction of sp³-hybridized carbons (Fsp3) is 0.485. The number of anilines is 1. The molecule has 248 valence electrons. The van der Waals surface area contributed by atoms with E-state index in [9.17, 15) is 22.4 Å². The number of halogens is 1. The molecule has 2 fully saturated rings. The summed E-state index contributed by atoms with van der Waals surface area (Å²) in [7, 11) is -4.01. The van der Waals surface area contributed by atoms with E-state index in [1.165, 1.54) is 23.5 Å². The van der Waals surface area contributed by atoms with Gasteiger partial charge in [0.2, 0.25) is 10.0 Å². The molecule has 4 N–H and O–H groups in total. The molecule has 2 aliphatic rings. The molecule has 2 aromatic carbocycles. The largest absolute Gasteiger partial charge is 0.446 e. The first-order chi connectivity index (χ1) is 21.8. The van der Waals surface area contributed by atoms with E-state index in [1.54, 1.807) is 64.2 Å². The number of hydrogen-bond donors (Lipinski definition) is 4. The first kappa shape index (κ1) is 33.8. The van der Waals surface area contributed by atoms with Crippen LogP contribution in [0.3, 0.4) is 0 Å². The van der Waals surface area contributed by atoms with Crippen LogP contribution in [0.5, 0.6) is 0 Å². The maximum Gasteiger partial charge on any atom is 0.407 e. The number of sulfonamides is 1. The molecule has 5 rings (SSSR count). The van der Waals surface area contributed by atoms with Crippen LogP contribution in [0.15, 0.2) is 53.6 Å². The molecule has 46 heavy (non-hydrogen) atoms. The highest BCUT2D eigenvalue weighted by Crippen LogP contribution is 2.40. The zero-order chi connectivity index (χ0) is 33.1. The second-order valence-electron chi connectivity index (χ2n) is 13.1. The molecule has 2 aliphatic carbocycles. The first-order valence-electron chi connectivity index (χ1n) is 15.7. The van der Waals surface area contributed by atoms with Crippen LogP contribution in [0.4, 0.5) is 19.7 Å². The number of carbonyl (C=O) groups excluding carboxylic acids is 2. The standard InChI is InChI=1S/C33H42FN5O5S2/c1-20(25-10-5-6-11-27(25)34)36-31(40)37-23-16-17-26(29(18-23)46(42,43)39-33(2,3)4)28-19-35-30(45-28)21-12-14-22(15-13-21)38-32(41)44-24-8-7-9-24/h5-6,10-11,16-22,24,39H,7-9,12-15H2,1-4H3,(H,38,41)(H2,36,37,40)/t20-,21?,22?/m0/s1. The van der Waals surface area contributed by atoms with Crippen molar-refractivity contribution in [1.82, 2.24) is 20.3 Å². The fourth-order valence-electron chi connectivity index (χ4n) is 5.68. The van der Waals surface area contributed by atoms with Crippen molar-refractivity contribution in [3.8, 4) is 10.4 Å². The summed E-state index contributed by atoms with van der Waals surface area (Å²) >= 11 is 1.45. The van der Waals surface area contributed by atoms with Gasteiger partial charge in [-0.25, -0.2) is 32.1 Å². The molecule has 3 aromatic rings. The van der Waals surface area contributed by atoms with Crippen molar-refractivity contribution in [2.24, 2.45) is 0 Å². The van der Waals surface area contributed by atoms with Crippen LogP contribution in [0.1, 0.15) is 95.2 Å². The Hall–Kier alpha value is -3.55. The van der Waals surface area contributed by atoms with Gasteiger partial charge in [-0.3, -0.25) is 0 Å². The summed E-state index contributed by atoms with van der Waals surface area (Å²) in [6, 6.07) is 9.76. The lowest BCUT2D eigenvalue weighted by atomic mass is 9.86. The van der Waals surface area contributed by atoms with E-state index >= 15 is 0 Å². The van der Waals surface area contributed by atoms with Crippen LogP contribution in [-0.2, 0) is 14.8 Å². The van der Waals surface area contributed by atoms with E-state index in [0.29, 0.717) is 16.0 Å². The summed E-state index contributed by atoms with van der Waals surface area (Å²) in [6.45, 7) is 6.94. The Morgan fingerprint density at radius 1 is 1.04 bits per heavy atom. The number of hydrogen-bond acceptors (Lipinski definition) is 7. The van der Waals surface area contributed by atoms with E-state index in [0.717, 1.165) is 50.0 Å². The summed E-state index contributed by atoms with van der Waals surface area (Å²) in [5, 5.41) is 9.31. The number of thiazole rings is 1. The van der Waals surface area contributed by atoms with E-state index < -0.39 is 33.5 Å². The average Bonchev–Trinajstić information content (AvgIpc) is 3.44. The van der Waals surface area contributed by atoms with Gasteiger partial charge >= 0.3 is 12.1 Å². The predicted molar refractivity (Wildman–Crippen MR) is 177 cm³/mol. The van der Waals surface area contributed by atoms with Crippen molar-refractivity contribution in [2.75, 3.05) is 5.32 Å². The fourth-order valence-corrected chi connectivity index (χ4v) is 8.54. The number of benzene rings is 2. The van der Waals surface area contributed by atoms with Crippen molar-refractivity contribution in [1.29, 1.82) is 0 Å². The molecule has 0 saturated heterocycles. The number of nitrogens with zero attached hydrogens (tertiary/aromatic N) is 1. The van der Waals surface area contributed by atoms with Crippen LogP contribution in [0.25, 0.3) is 10.4 Å². The Kier molecular flexibility index (Phi) is 10.3.